The molecule has 1 aliphatic carbocycles. The number of halogens is 1. The lowest BCUT2D eigenvalue weighted by Gasteiger charge is -2.42. The number of pyridine rings is 1. The fourth-order valence-electron chi connectivity index (χ4n) is 6.15. The highest BCUT2D eigenvalue weighted by molar-refractivity contribution is 7.88. The van der Waals surface area contributed by atoms with E-state index < -0.39 is 10.0 Å². The lowest BCUT2D eigenvalue weighted by Crippen LogP contribution is -2.53. The molecule has 2 aliphatic heterocycles. The Morgan fingerprint density at radius 2 is 1.97 bits per heavy atom. The summed E-state index contributed by atoms with van der Waals surface area (Å²) in [5, 5.41) is 1.51. The zero-order valence-electron chi connectivity index (χ0n) is 19.2. The Morgan fingerprint density at radius 1 is 1.21 bits per heavy atom. The number of sulfonamides is 1. The van der Waals surface area contributed by atoms with Crippen molar-refractivity contribution in [1.29, 1.82) is 0 Å². The van der Waals surface area contributed by atoms with E-state index in [-0.39, 0.29) is 23.9 Å². The Balaban J connectivity index is 1.33. The largest absolute Gasteiger partial charge is 0.363 e. The van der Waals surface area contributed by atoms with Crippen LogP contribution in [0.5, 0.6) is 0 Å². The van der Waals surface area contributed by atoms with E-state index in [1.807, 2.05) is 18.3 Å². The number of nitrogens with one attached hydrogen (secondary N) is 2. The van der Waals surface area contributed by atoms with Crippen molar-refractivity contribution in [1.82, 2.24) is 24.7 Å². The molecule has 6 rings (SSSR count). The van der Waals surface area contributed by atoms with E-state index in [1.165, 1.54) is 6.26 Å². The molecule has 2 bridgehead atoms. The Kier molecular flexibility index (Phi) is 5.23. The standard InChI is InChI=1S/C23H28ClN7O2S/c1-13-7-18-17(11-31(13)19-8-20(24)28-22-16(19)5-6-25-22)23(27-12-26-18)30-9-14-3-4-15(10-30)21(14)29-34(2,32)33/h5-6,8,12-15,21,29H,3-4,7,9-11H2,1-2H3,(H,25,28)/t13-,14?,15?,21?/m1/s1. The van der Waals surface area contributed by atoms with Crippen molar-refractivity contribution in [3.63, 3.8) is 0 Å². The summed E-state index contributed by atoms with van der Waals surface area (Å²) in [4.78, 5) is 21.7. The summed E-state index contributed by atoms with van der Waals surface area (Å²) in [7, 11) is -3.23. The summed E-state index contributed by atoms with van der Waals surface area (Å²) >= 11 is 6.36. The molecule has 180 valence electrons. The highest BCUT2D eigenvalue weighted by Gasteiger charge is 2.44. The van der Waals surface area contributed by atoms with Crippen molar-refractivity contribution >= 4 is 44.2 Å². The van der Waals surface area contributed by atoms with Gasteiger partial charge in [-0.15, -0.1) is 0 Å². The lowest BCUT2D eigenvalue weighted by molar-refractivity contribution is 0.330. The molecule has 2 unspecified atom stereocenters. The number of aromatic nitrogens is 4. The van der Waals surface area contributed by atoms with Crippen LogP contribution in [0.2, 0.25) is 5.15 Å². The maximum Gasteiger partial charge on any atom is 0.208 e. The van der Waals surface area contributed by atoms with Crippen LogP contribution in [-0.4, -0.2) is 59.8 Å². The summed E-state index contributed by atoms with van der Waals surface area (Å²) in [5.41, 5.74) is 4.07. The van der Waals surface area contributed by atoms with Crippen LogP contribution in [0.25, 0.3) is 11.0 Å². The van der Waals surface area contributed by atoms with Gasteiger partial charge in [0.2, 0.25) is 10.0 Å². The first-order valence-electron chi connectivity index (χ1n) is 11.7. The third kappa shape index (κ3) is 3.81. The fraction of sp³-hybridized carbons (Fsp3) is 0.522. The number of piperidine rings is 1. The third-order valence-corrected chi connectivity index (χ3v) is 8.52. The molecule has 9 nitrogen and oxygen atoms in total. The van der Waals surface area contributed by atoms with E-state index in [0.717, 1.165) is 66.1 Å². The molecule has 2 N–H and O–H groups in total. The van der Waals surface area contributed by atoms with E-state index in [0.29, 0.717) is 11.7 Å². The van der Waals surface area contributed by atoms with Crippen LogP contribution in [0.3, 0.4) is 0 Å². The van der Waals surface area contributed by atoms with Crippen LogP contribution in [-0.2, 0) is 23.0 Å². The van der Waals surface area contributed by atoms with Crippen LogP contribution >= 0.6 is 11.6 Å². The van der Waals surface area contributed by atoms with Crippen molar-refractivity contribution in [2.75, 3.05) is 29.1 Å². The number of nitrogens with zero attached hydrogens (tertiary/aromatic N) is 5. The highest BCUT2D eigenvalue weighted by Crippen LogP contribution is 2.41. The molecule has 0 radical (unpaired) electrons. The van der Waals surface area contributed by atoms with Crippen LogP contribution in [0.15, 0.2) is 24.7 Å². The van der Waals surface area contributed by atoms with Gasteiger partial charge < -0.3 is 14.8 Å². The first-order chi connectivity index (χ1) is 16.3. The minimum Gasteiger partial charge on any atom is -0.363 e. The van der Waals surface area contributed by atoms with Crippen LogP contribution < -0.4 is 14.5 Å². The SMILES string of the molecule is C[C@@H]1Cc2ncnc(N3CC4CCC(C3)C4NS(C)(=O)=O)c2CN1c1cc(Cl)nc2[nH]ccc12. The van der Waals surface area contributed by atoms with Crippen molar-refractivity contribution in [3.8, 4) is 0 Å². The van der Waals surface area contributed by atoms with Gasteiger partial charge in [-0.05, 0) is 43.7 Å². The summed E-state index contributed by atoms with van der Waals surface area (Å²) in [5.74, 6) is 1.55. The van der Waals surface area contributed by atoms with Gasteiger partial charge >= 0.3 is 0 Å². The maximum absolute atomic E-state index is 11.9. The molecule has 0 amide bonds. The molecule has 5 heterocycles. The second-order valence-corrected chi connectivity index (χ2v) is 12.1. The Bertz CT molecular complexity index is 1350. The van der Waals surface area contributed by atoms with Crippen LogP contribution in [0.1, 0.15) is 31.0 Å². The lowest BCUT2D eigenvalue weighted by atomic mass is 9.92. The second-order valence-electron chi connectivity index (χ2n) is 9.93. The summed E-state index contributed by atoms with van der Waals surface area (Å²) < 4.78 is 26.7. The van der Waals surface area contributed by atoms with Gasteiger partial charge in [0.05, 0.1) is 17.6 Å². The predicted molar refractivity (Wildman–Crippen MR) is 133 cm³/mol. The molecule has 11 heteroatoms. The molecule has 3 aromatic rings. The molecular weight excluding hydrogens is 474 g/mol. The number of hydrogen-bond donors (Lipinski definition) is 2. The maximum atomic E-state index is 11.9. The molecule has 3 aliphatic rings. The van der Waals surface area contributed by atoms with Gasteiger partial charge in [-0.25, -0.2) is 28.1 Å². The van der Waals surface area contributed by atoms with Gasteiger partial charge in [-0.2, -0.15) is 0 Å². The Morgan fingerprint density at radius 3 is 2.71 bits per heavy atom. The molecule has 2 fully saturated rings. The normalized spacial score (nSPS) is 26.8. The average molecular weight is 502 g/mol. The van der Waals surface area contributed by atoms with E-state index in [4.69, 9.17) is 16.6 Å². The van der Waals surface area contributed by atoms with Crippen molar-refractivity contribution in [2.45, 2.75) is 44.8 Å². The number of rotatable bonds is 4. The van der Waals surface area contributed by atoms with Crippen molar-refractivity contribution in [3.05, 3.63) is 41.1 Å². The van der Waals surface area contributed by atoms with E-state index in [1.54, 1.807) is 6.33 Å². The van der Waals surface area contributed by atoms with E-state index in [9.17, 15) is 8.42 Å². The van der Waals surface area contributed by atoms with Crippen LogP contribution in [0, 0.1) is 11.8 Å². The molecule has 0 aromatic carbocycles. The number of H-pyrrole nitrogens is 1. The fourth-order valence-corrected chi connectivity index (χ4v) is 7.22. The van der Waals surface area contributed by atoms with E-state index >= 15 is 0 Å². The van der Waals surface area contributed by atoms with Crippen LogP contribution in [0.4, 0.5) is 11.5 Å². The minimum atomic E-state index is -3.23. The Labute approximate surface area is 204 Å². The van der Waals surface area contributed by atoms with Gasteiger partial charge in [-0.3, -0.25) is 0 Å². The predicted octanol–water partition coefficient (Wildman–Crippen LogP) is 2.72. The average Bonchev–Trinajstić information content (AvgIpc) is 3.31. The first-order valence-corrected chi connectivity index (χ1v) is 14.0. The third-order valence-electron chi connectivity index (χ3n) is 7.63. The summed E-state index contributed by atoms with van der Waals surface area (Å²) in [6, 6.07) is 4.23. The topological polar surface area (TPSA) is 107 Å². The molecule has 1 saturated heterocycles. The summed E-state index contributed by atoms with van der Waals surface area (Å²) in [6.07, 6.45) is 7.70. The van der Waals surface area contributed by atoms with Crippen molar-refractivity contribution in [2.24, 2.45) is 11.8 Å². The minimum absolute atomic E-state index is 0.0151. The first kappa shape index (κ1) is 22.1. The summed E-state index contributed by atoms with van der Waals surface area (Å²) in [6.45, 7) is 4.49. The number of aromatic amines is 1. The molecule has 3 atom stereocenters. The van der Waals surface area contributed by atoms with Gasteiger partial charge in [0.1, 0.15) is 22.9 Å². The van der Waals surface area contributed by atoms with Gasteiger partial charge in [-0.1, -0.05) is 11.6 Å². The Hall–Kier alpha value is -2.43. The number of hydrogen-bond acceptors (Lipinski definition) is 7. The second kappa shape index (κ2) is 8.07. The number of fused-ring (bicyclic) bond motifs is 4. The highest BCUT2D eigenvalue weighted by atomic mass is 35.5. The van der Waals surface area contributed by atoms with Gasteiger partial charge in [0.25, 0.3) is 0 Å². The smallest absolute Gasteiger partial charge is 0.208 e. The molecular formula is C23H28ClN7O2S. The molecule has 3 aromatic heterocycles. The van der Waals surface area contributed by atoms with Gasteiger partial charge in [0.15, 0.2) is 0 Å². The zero-order chi connectivity index (χ0) is 23.6. The van der Waals surface area contributed by atoms with Crippen molar-refractivity contribution < 1.29 is 8.42 Å². The number of anilines is 2. The molecule has 1 saturated carbocycles. The monoisotopic (exact) mass is 501 g/mol. The van der Waals surface area contributed by atoms with Gasteiger partial charge in [0, 0.05) is 55.3 Å². The molecule has 0 spiro atoms. The quantitative estimate of drug-likeness (QED) is 0.529. The van der Waals surface area contributed by atoms with E-state index in [2.05, 4.69) is 36.4 Å². The zero-order valence-corrected chi connectivity index (χ0v) is 20.8. The molecule has 34 heavy (non-hydrogen) atoms.